The van der Waals surface area contributed by atoms with Crippen molar-refractivity contribution in [1.82, 2.24) is 14.9 Å². The van der Waals surface area contributed by atoms with Crippen molar-refractivity contribution in [1.29, 1.82) is 0 Å². The summed E-state index contributed by atoms with van der Waals surface area (Å²) in [5.41, 5.74) is 6.64. The third-order valence-corrected chi connectivity index (χ3v) is 8.05. The predicted octanol–water partition coefficient (Wildman–Crippen LogP) is 6.47. The van der Waals surface area contributed by atoms with E-state index in [-0.39, 0.29) is 11.8 Å². The molecule has 0 amide bonds. The summed E-state index contributed by atoms with van der Waals surface area (Å²) < 4.78 is 13.7. The van der Waals surface area contributed by atoms with Crippen molar-refractivity contribution in [2.75, 3.05) is 18.0 Å². The quantitative estimate of drug-likeness (QED) is 0.271. The Balaban J connectivity index is 1.13. The monoisotopic (exact) mass is 546 g/mol. The molecule has 0 unspecified atom stereocenters. The maximum Gasteiger partial charge on any atom is 0.354 e. The van der Waals surface area contributed by atoms with E-state index in [1.165, 1.54) is 4.68 Å². The molecule has 0 bridgehead atoms. The molecule has 4 aromatic rings. The average Bonchev–Trinajstić information content (AvgIpc) is 3.57. The molecule has 2 aliphatic rings. The number of hydrogen-bond acceptors (Lipinski definition) is 6. The van der Waals surface area contributed by atoms with Crippen LogP contribution in [0.25, 0.3) is 22.5 Å². The largest absolute Gasteiger partial charge is 0.477 e. The summed E-state index contributed by atoms with van der Waals surface area (Å²) in [6, 6.07) is 15.6. The van der Waals surface area contributed by atoms with Crippen molar-refractivity contribution < 1.29 is 19.2 Å². The Morgan fingerprint density at radius 3 is 2.59 bits per heavy atom. The van der Waals surface area contributed by atoms with Gasteiger partial charge in [-0.3, -0.25) is 4.68 Å². The fourth-order valence-electron chi connectivity index (χ4n) is 5.41. The normalized spacial score (nSPS) is 16.1. The van der Waals surface area contributed by atoms with Gasteiger partial charge in [0.15, 0.2) is 0 Å². The van der Waals surface area contributed by atoms with Crippen molar-refractivity contribution in [3.05, 3.63) is 76.1 Å². The molecule has 3 heterocycles. The summed E-state index contributed by atoms with van der Waals surface area (Å²) in [4.78, 5) is 13.8. The van der Waals surface area contributed by atoms with Gasteiger partial charge in [-0.1, -0.05) is 41.0 Å². The topological polar surface area (TPSA) is 93.6 Å². The number of halogens is 1. The Bertz CT molecular complexity index is 1490. The van der Waals surface area contributed by atoms with Gasteiger partial charge in [-0.2, -0.15) is 5.10 Å². The molecule has 2 aromatic heterocycles. The number of rotatable bonds is 8. The number of aromatic nitrogens is 3. The van der Waals surface area contributed by atoms with Gasteiger partial charge in [0.25, 0.3) is 0 Å². The maximum atomic E-state index is 11.4. The molecule has 1 saturated carbocycles. The zero-order valence-electron chi connectivity index (χ0n) is 22.1. The van der Waals surface area contributed by atoms with Crippen LogP contribution >= 0.6 is 11.6 Å². The van der Waals surface area contributed by atoms with E-state index in [0.29, 0.717) is 23.2 Å². The van der Waals surface area contributed by atoms with Crippen LogP contribution in [-0.4, -0.2) is 45.2 Å². The fraction of sp³-hybridized carbons (Fsp3) is 0.367. The van der Waals surface area contributed by atoms with Gasteiger partial charge in [0, 0.05) is 48.4 Å². The summed E-state index contributed by atoms with van der Waals surface area (Å²) in [5, 5.41) is 18.9. The summed E-state index contributed by atoms with van der Waals surface area (Å²) in [5.74, 6) is 0.380. The Morgan fingerprint density at radius 2 is 1.90 bits per heavy atom. The number of hydrogen-bond donors (Lipinski definition) is 1. The number of anilines is 1. The van der Waals surface area contributed by atoms with E-state index in [9.17, 15) is 9.90 Å². The molecule has 2 fully saturated rings. The van der Waals surface area contributed by atoms with Gasteiger partial charge >= 0.3 is 5.97 Å². The van der Waals surface area contributed by atoms with E-state index in [2.05, 4.69) is 27.3 Å². The Labute approximate surface area is 232 Å². The summed E-state index contributed by atoms with van der Waals surface area (Å²) in [6.07, 6.45) is 4.19. The van der Waals surface area contributed by atoms with E-state index in [4.69, 9.17) is 20.9 Å². The minimum Gasteiger partial charge on any atom is -0.477 e. The van der Waals surface area contributed by atoms with Crippen LogP contribution in [0.2, 0.25) is 5.02 Å². The molecule has 1 saturated heterocycles. The van der Waals surface area contributed by atoms with E-state index in [1.54, 1.807) is 13.1 Å². The molecule has 2 aromatic carbocycles. The number of ether oxygens (including phenoxy) is 1. The van der Waals surface area contributed by atoms with Crippen LogP contribution in [0.4, 0.5) is 5.69 Å². The Hall–Kier alpha value is -3.62. The molecule has 0 atom stereocenters. The summed E-state index contributed by atoms with van der Waals surface area (Å²) >= 11 is 6.58. The van der Waals surface area contributed by atoms with Gasteiger partial charge in [-0.25, -0.2) is 4.79 Å². The van der Waals surface area contributed by atoms with E-state index < -0.39 is 5.97 Å². The number of benzene rings is 2. The molecular weight excluding hydrogens is 516 g/mol. The Kier molecular flexibility index (Phi) is 6.91. The van der Waals surface area contributed by atoms with Crippen LogP contribution in [0.15, 0.2) is 53.1 Å². The first-order valence-electron chi connectivity index (χ1n) is 13.4. The number of carboxylic acids is 1. The van der Waals surface area contributed by atoms with Crippen molar-refractivity contribution in [2.45, 2.75) is 51.2 Å². The zero-order chi connectivity index (χ0) is 27.1. The third-order valence-electron chi connectivity index (χ3n) is 7.74. The van der Waals surface area contributed by atoms with Crippen LogP contribution in [-0.2, 0) is 18.4 Å². The van der Waals surface area contributed by atoms with E-state index in [0.717, 1.165) is 78.2 Å². The molecule has 6 rings (SSSR count). The van der Waals surface area contributed by atoms with Gasteiger partial charge in [0.05, 0.1) is 23.4 Å². The van der Waals surface area contributed by atoms with Crippen molar-refractivity contribution >= 4 is 23.3 Å². The lowest BCUT2D eigenvalue weighted by Gasteiger charge is -2.33. The minimum atomic E-state index is -0.987. The number of aryl methyl sites for hydroxylation is 2. The van der Waals surface area contributed by atoms with Gasteiger partial charge in [0.1, 0.15) is 17.1 Å². The number of carboxylic acid groups (broad SMARTS) is 1. The number of aromatic carboxylic acids is 1. The second-order valence-electron chi connectivity index (χ2n) is 10.5. The molecule has 9 heteroatoms. The van der Waals surface area contributed by atoms with Gasteiger partial charge < -0.3 is 19.3 Å². The van der Waals surface area contributed by atoms with Crippen molar-refractivity contribution in [3.8, 4) is 22.5 Å². The summed E-state index contributed by atoms with van der Waals surface area (Å²) in [6.45, 7) is 4.24. The number of carbonyl (C=O) groups is 1. The SMILES string of the molecule is Cc1cccc(Cl)c1-c1noc(C2CC2)c1COC1CCN(c2cccc(-c3cc(C(=O)O)n(C)n3)c2)CC1. The van der Waals surface area contributed by atoms with Gasteiger partial charge in [-0.15, -0.1) is 0 Å². The standard InChI is InChI=1S/C30H31ClN4O4/c1-18-5-3-8-24(31)27(18)28-23(29(39-33-28)19-9-10-19)17-38-22-11-13-35(14-12-22)21-7-4-6-20(15-21)25-16-26(30(36)37)34(2)32-25/h3-8,15-16,19,22H,9-14,17H2,1-2H3,(H,36,37). The highest BCUT2D eigenvalue weighted by molar-refractivity contribution is 6.33. The first kappa shape index (κ1) is 25.6. The van der Waals surface area contributed by atoms with E-state index in [1.807, 2.05) is 37.3 Å². The number of nitrogens with zero attached hydrogens (tertiary/aromatic N) is 4. The second-order valence-corrected chi connectivity index (χ2v) is 10.9. The Morgan fingerprint density at radius 1 is 1.13 bits per heavy atom. The molecule has 0 spiro atoms. The lowest BCUT2D eigenvalue weighted by molar-refractivity contribution is 0.0246. The molecular formula is C30H31ClN4O4. The second kappa shape index (κ2) is 10.5. The highest BCUT2D eigenvalue weighted by atomic mass is 35.5. The van der Waals surface area contributed by atoms with E-state index >= 15 is 0 Å². The minimum absolute atomic E-state index is 0.139. The van der Waals surface area contributed by atoms with Gasteiger partial charge in [0.2, 0.25) is 0 Å². The maximum absolute atomic E-state index is 11.4. The first-order chi connectivity index (χ1) is 18.9. The van der Waals surface area contributed by atoms with Crippen LogP contribution in [0, 0.1) is 6.92 Å². The first-order valence-corrected chi connectivity index (χ1v) is 13.7. The third kappa shape index (κ3) is 5.18. The van der Waals surface area contributed by atoms with Gasteiger partial charge in [-0.05, 0) is 62.4 Å². The molecule has 1 aliphatic heterocycles. The smallest absolute Gasteiger partial charge is 0.354 e. The van der Waals surface area contributed by atoms with Crippen LogP contribution in [0.1, 0.15) is 59.0 Å². The summed E-state index contributed by atoms with van der Waals surface area (Å²) in [7, 11) is 1.65. The lowest BCUT2D eigenvalue weighted by atomic mass is 10.0. The van der Waals surface area contributed by atoms with Crippen LogP contribution in [0.5, 0.6) is 0 Å². The number of piperidine rings is 1. The molecule has 202 valence electrons. The lowest BCUT2D eigenvalue weighted by Crippen LogP contribution is -2.37. The molecule has 8 nitrogen and oxygen atoms in total. The highest BCUT2D eigenvalue weighted by Gasteiger charge is 2.34. The zero-order valence-corrected chi connectivity index (χ0v) is 22.8. The fourth-order valence-corrected chi connectivity index (χ4v) is 5.72. The van der Waals surface area contributed by atoms with Crippen LogP contribution < -0.4 is 4.90 Å². The molecule has 1 aliphatic carbocycles. The average molecular weight is 547 g/mol. The molecule has 39 heavy (non-hydrogen) atoms. The molecule has 0 radical (unpaired) electrons. The molecule has 1 N–H and O–H groups in total. The van der Waals surface area contributed by atoms with Crippen molar-refractivity contribution in [3.63, 3.8) is 0 Å². The predicted molar refractivity (Wildman–Crippen MR) is 149 cm³/mol. The van der Waals surface area contributed by atoms with Crippen LogP contribution in [0.3, 0.4) is 0 Å². The van der Waals surface area contributed by atoms with Crippen molar-refractivity contribution in [2.24, 2.45) is 7.05 Å². The highest BCUT2D eigenvalue weighted by Crippen LogP contribution is 2.45.